The molecule has 1 unspecified atom stereocenters. The van der Waals surface area contributed by atoms with Gasteiger partial charge in [0.2, 0.25) is 0 Å². The number of nitro groups is 1. The molecule has 1 aromatic heterocycles. The maximum Gasteiger partial charge on any atom is 0.290 e. The van der Waals surface area contributed by atoms with Crippen molar-refractivity contribution in [2.45, 2.75) is 25.9 Å². The van der Waals surface area contributed by atoms with Gasteiger partial charge in [0.05, 0.1) is 4.92 Å². The van der Waals surface area contributed by atoms with Gasteiger partial charge in [-0.1, -0.05) is 0 Å². The van der Waals surface area contributed by atoms with Crippen molar-refractivity contribution in [3.63, 3.8) is 0 Å². The Hall–Kier alpha value is -2.22. The van der Waals surface area contributed by atoms with Crippen LogP contribution in [0.5, 0.6) is 0 Å². The zero-order valence-corrected chi connectivity index (χ0v) is 13.1. The summed E-state index contributed by atoms with van der Waals surface area (Å²) in [6.07, 6.45) is 2.78. The van der Waals surface area contributed by atoms with Crippen LogP contribution in [0.4, 0.5) is 11.5 Å². The van der Waals surface area contributed by atoms with E-state index >= 15 is 0 Å². The largest absolute Gasteiger partial charge is 0.368 e. The number of nitrogens with zero attached hydrogens (tertiary/aromatic N) is 4. The second kappa shape index (κ2) is 6.49. The summed E-state index contributed by atoms with van der Waals surface area (Å²) in [6, 6.07) is 1.73. The van der Waals surface area contributed by atoms with E-state index in [2.05, 4.69) is 9.88 Å². The van der Waals surface area contributed by atoms with E-state index in [0.717, 1.165) is 18.7 Å². The van der Waals surface area contributed by atoms with Gasteiger partial charge in [-0.3, -0.25) is 14.9 Å². The lowest BCUT2D eigenvalue weighted by Crippen LogP contribution is -2.51. The van der Waals surface area contributed by atoms with E-state index < -0.39 is 4.92 Å². The van der Waals surface area contributed by atoms with Gasteiger partial charge in [0.15, 0.2) is 0 Å². The van der Waals surface area contributed by atoms with Crippen molar-refractivity contribution in [3.8, 4) is 0 Å². The number of amides is 1. The van der Waals surface area contributed by atoms with E-state index in [1.165, 1.54) is 6.20 Å². The molecule has 2 aliphatic heterocycles. The van der Waals surface area contributed by atoms with Crippen LogP contribution >= 0.6 is 0 Å². The van der Waals surface area contributed by atoms with E-state index in [4.69, 9.17) is 4.74 Å². The van der Waals surface area contributed by atoms with E-state index in [1.54, 1.807) is 13.0 Å². The number of aromatic nitrogens is 1. The molecule has 0 aliphatic carbocycles. The first-order valence-corrected chi connectivity index (χ1v) is 7.82. The predicted molar refractivity (Wildman–Crippen MR) is 83.4 cm³/mol. The third-order valence-electron chi connectivity index (χ3n) is 4.39. The normalized spacial score (nSPS) is 21.5. The molecule has 124 valence electrons. The van der Waals surface area contributed by atoms with Gasteiger partial charge in [-0.15, -0.1) is 0 Å². The van der Waals surface area contributed by atoms with Crippen LogP contribution in [0.3, 0.4) is 0 Å². The Balaban J connectivity index is 1.61. The molecular weight excluding hydrogens is 300 g/mol. The summed E-state index contributed by atoms with van der Waals surface area (Å²) in [5, 5.41) is 10.8. The van der Waals surface area contributed by atoms with Crippen LogP contribution in [0, 0.1) is 17.0 Å². The molecule has 0 radical (unpaired) electrons. The molecule has 23 heavy (non-hydrogen) atoms. The van der Waals surface area contributed by atoms with Crippen molar-refractivity contribution in [2.75, 3.05) is 37.7 Å². The summed E-state index contributed by atoms with van der Waals surface area (Å²) >= 11 is 0. The fraction of sp³-hybridized carbons (Fsp3) is 0.600. The quantitative estimate of drug-likeness (QED) is 0.612. The van der Waals surface area contributed by atoms with Crippen LogP contribution in [0.2, 0.25) is 0 Å². The Morgan fingerprint density at radius 3 is 2.70 bits per heavy atom. The second-order valence-electron chi connectivity index (χ2n) is 5.90. The SMILES string of the molecule is Cc1cc(N2CCN(C(=O)C3CCCO3)CC2)ncc1[N+](=O)[O-]. The zero-order chi connectivity index (χ0) is 16.4. The molecule has 0 saturated carbocycles. The first-order chi connectivity index (χ1) is 11.1. The molecule has 2 fully saturated rings. The fourth-order valence-corrected chi connectivity index (χ4v) is 3.03. The molecule has 0 bridgehead atoms. The summed E-state index contributed by atoms with van der Waals surface area (Å²) in [7, 11) is 0. The number of ether oxygens (including phenoxy) is 1. The van der Waals surface area contributed by atoms with Crippen molar-refractivity contribution in [1.82, 2.24) is 9.88 Å². The van der Waals surface area contributed by atoms with E-state index in [-0.39, 0.29) is 17.7 Å². The monoisotopic (exact) mass is 320 g/mol. The van der Waals surface area contributed by atoms with Gasteiger partial charge < -0.3 is 14.5 Å². The van der Waals surface area contributed by atoms with Gasteiger partial charge in [0.1, 0.15) is 18.1 Å². The number of aryl methyl sites for hydroxylation is 1. The number of rotatable bonds is 3. The average Bonchev–Trinajstić information content (AvgIpc) is 3.08. The fourth-order valence-electron chi connectivity index (χ4n) is 3.03. The zero-order valence-electron chi connectivity index (χ0n) is 13.1. The first-order valence-electron chi connectivity index (χ1n) is 7.82. The van der Waals surface area contributed by atoms with Crippen molar-refractivity contribution in [2.24, 2.45) is 0 Å². The number of piperazine rings is 1. The summed E-state index contributed by atoms with van der Waals surface area (Å²) in [6.45, 7) is 4.96. The summed E-state index contributed by atoms with van der Waals surface area (Å²) in [4.78, 5) is 30.8. The lowest BCUT2D eigenvalue weighted by atomic mass is 10.2. The number of hydrogen-bond donors (Lipinski definition) is 0. The molecule has 1 atom stereocenters. The Bertz CT molecular complexity index is 607. The molecule has 3 heterocycles. The van der Waals surface area contributed by atoms with Crippen molar-refractivity contribution < 1.29 is 14.5 Å². The van der Waals surface area contributed by atoms with Gasteiger partial charge >= 0.3 is 0 Å². The molecule has 1 amide bonds. The molecule has 8 heteroatoms. The molecule has 0 spiro atoms. The highest BCUT2D eigenvalue weighted by Gasteiger charge is 2.30. The van der Waals surface area contributed by atoms with Crippen LogP contribution < -0.4 is 4.90 Å². The van der Waals surface area contributed by atoms with Crippen LogP contribution in [0.15, 0.2) is 12.3 Å². The lowest BCUT2D eigenvalue weighted by molar-refractivity contribution is -0.385. The maximum atomic E-state index is 12.3. The minimum atomic E-state index is -0.426. The van der Waals surface area contributed by atoms with Crippen LogP contribution in [0.1, 0.15) is 18.4 Å². The van der Waals surface area contributed by atoms with Crippen LogP contribution in [0.25, 0.3) is 0 Å². The summed E-state index contributed by atoms with van der Waals surface area (Å²) in [5.41, 5.74) is 0.624. The second-order valence-corrected chi connectivity index (χ2v) is 5.90. The molecule has 2 aliphatic rings. The molecular formula is C15H20N4O4. The Kier molecular flexibility index (Phi) is 4.42. The minimum absolute atomic E-state index is 0.0287. The minimum Gasteiger partial charge on any atom is -0.368 e. The molecule has 1 aromatic rings. The summed E-state index contributed by atoms with van der Waals surface area (Å²) < 4.78 is 5.45. The predicted octanol–water partition coefficient (Wildman–Crippen LogP) is 1.13. The Morgan fingerprint density at radius 1 is 1.39 bits per heavy atom. The number of hydrogen-bond acceptors (Lipinski definition) is 6. The van der Waals surface area contributed by atoms with Crippen LogP contribution in [-0.2, 0) is 9.53 Å². The van der Waals surface area contributed by atoms with Gasteiger partial charge in [-0.05, 0) is 25.8 Å². The number of pyridine rings is 1. The molecule has 0 N–H and O–H groups in total. The van der Waals surface area contributed by atoms with E-state index in [9.17, 15) is 14.9 Å². The Morgan fingerprint density at radius 2 is 2.13 bits per heavy atom. The highest BCUT2D eigenvalue weighted by atomic mass is 16.6. The van der Waals surface area contributed by atoms with Gasteiger partial charge in [0.25, 0.3) is 11.6 Å². The van der Waals surface area contributed by atoms with E-state index in [0.29, 0.717) is 38.3 Å². The highest BCUT2D eigenvalue weighted by Crippen LogP contribution is 2.23. The smallest absolute Gasteiger partial charge is 0.290 e. The number of anilines is 1. The molecule has 2 saturated heterocycles. The standard InChI is InChI=1S/C15H20N4O4/c1-11-9-14(16-10-12(11)19(21)22)17-4-6-18(7-5-17)15(20)13-3-2-8-23-13/h9-10,13H,2-8H2,1H3. The van der Waals surface area contributed by atoms with E-state index in [1.807, 2.05) is 4.90 Å². The van der Waals surface area contributed by atoms with Gasteiger partial charge in [-0.2, -0.15) is 0 Å². The van der Waals surface area contributed by atoms with Crippen molar-refractivity contribution in [3.05, 3.63) is 27.9 Å². The van der Waals surface area contributed by atoms with Gasteiger partial charge in [-0.25, -0.2) is 4.98 Å². The highest BCUT2D eigenvalue weighted by molar-refractivity contribution is 5.81. The van der Waals surface area contributed by atoms with Crippen LogP contribution in [-0.4, -0.2) is 59.6 Å². The maximum absolute atomic E-state index is 12.3. The van der Waals surface area contributed by atoms with Crippen molar-refractivity contribution >= 4 is 17.4 Å². The Labute approximate surface area is 134 Å². The van der Waals surface area contributed by atoms with Crippen molar-refractivity contribution in [1.29, 1.82) is 0 Å². The lowest BCUT2D eigenvalue weighted by Gasteiger charge is -2.36. The summed E-state index contributed by atoms with van der Waals surface area (Å²) in [5.74, 6) is 0.798. The first kappa shape index (κ1) is 15.7. The molecule has 8 nitrogen and oxygen atoms in total. The van der Waals surface area contributed by atoms with Gasteiger partial charge in [0, 0.05) is 38.3 Å². The number of carbonyl (C=O) groups is 1. The molecule has 0 aromatic carbocycles. The topological polar surface area (TPSA) is 88.8 Å². The molecule has 3 rings (SSSR count). The average molecular weight is 320 g/mol. The number of carbonyl (C=O) groups excluding carboxylic acids is 1. The third kappa shape index (κ3) is 3.26. The third-order valence-corrected chi connectivity index (χ3v) is 4.39.